The summed E-state index contributed by atoms with van der Waals surface area (Å²) in [5, 5.41) is 10.4. The van der Waals surface area contributed by atoms with E-state index in [-0.39, 0.29) is 16.8 Å². The van der Waals surface area contributed by atoms with Gasteiger partial charge in [-0.1, -0.05) is 34.9 Å². The first kappa shape index (κ1) is 18.8. The molecule has 0 saturated heterocycles. The Labute approximate surface area is 157 Å². The fourth-order valence-corrected chi connectivity index (χ4v) is 3.18. The topological polar surface area (TPSA) is 102 Å². The molecule has 1 N–H and O–H groups in total. The average molecular weight is 385 g/mol. The lowest BCUT2D eigenvalue weighted by molar-refractivity contribution is 0.102. The van der Waals surface area contributed by atoms with E-state index in [0.717, 1.165) is 22.9 Å². The molecule has 2 aromatic carbocycles. The van der Waals surface area contributed by atoms with E-state index in [1.54, 1.807) is 18.2 Å². The molecule has 140 valence electrons. The van der Waals surface area contributed by atoms with Crippen molar-refractivity contribution in [3.8, 4) is 0 Å². The smallest absolute Gasteiger partial charge is 0.322 e. The Balaban J connectivity index is 1.70. The van der Waals surface area contributed by atoms with Crippen LogP contribution in [0.5, 0.6) is 0 Å². The molecular weight excluding hydrogens is 366 g/mol. The van der Waals surface area contributed by atoms with Crippen LogP contribution < -0.4 is 5.32 Å². The first-order valence-corrected chi connectivity index (χ1v) is 10.1. The zero-order valence-electron chi connectivity index (χ0n) is 15.2. The molecule has 0 radical (unpaired) electrons. The number of anilines is 1. The minimum Gasteiger partial charge on any atom is -0.407 e. The normalized spacial score (nSPS) is 11.4. The maximum Gasteiger partial charge on any atom is 0.322 e. The Morgan fingerprint density at radius 1 is 1.07 bits per heavy atom. The Morgan fingerprint density at radius 2 is 1.78 bits per heavy atom. The number of aryl methyl sites for hydroxylation is 2. The standard InChI is InChI=1S/C19H19N3O4S/c1-12-4-5-13(2)16(10-12)18(23)20-19-22-21-17(26-19)11-14-6-8-15(9-7-14)27(3,24)25/h4-10H,11H2,1-3H3,(H,20,22,23). The Morgan fingerprint density at radius 3 is 2.44 bits per heavy atom. The second-order valence-electron chi connectivity index (χ2n) is 6.37. The van der Waals surface area contributed by atoms with Crippen molar-refractivity contribution in [2.24, 2.45) is 0 Å². The third-order valence-corrected chi connectivity index (χ3v) is 5.16. The van der Waals surface area contributed by atoms with Gasteiger partial charge in [0.1, 0.15) is 0 Å². The van der Waals surface area contributed by atoms with Gasteiger partial charge in [0.15, 0.2) is 9.84 Å². The van der Waals surface area contributed by atoms with Crippen LogP contribution in [0.25, 0.3) is 0 Å². The summed E-state index contributed by atoms with van der Waals surface area (Å²) in [5.74, 6) is 0.00211. The third-order valence-electron chi connectivity index (χ3n) is 4.03. The lowest BCUT2D eigenvalue weighted by Crippen LogP contribution is -2.13. The van der Waals surface area contributed by atoms with Crippen LogP contribution in [0.4, 0.5) is 6.01 Å². The van der Waals surface area contributed by atoms with Gasteiger partial charge < -0.3 is 4.42 Å². The predicted molar refractivity (Wildman–Crippen MR) is 101 cm³/mol. The molecule has 0 aliphatic rings. The van der Waals surface area contributed by atoms with Crippen LogP contribution in [-0.4, -0.2) is 30.8 Å². The second-order valence-corrected chi connectivity index (χ2v) is 8.38. The van der Waals surface area contributed by atoms with Gasteiger partial charge >= 0.3 is 6.01 Å². The van der Waals surface area contributed by atoms with E-state index in [2.05, 4.69) is 15.5 Å². The van der Waals surface area contributed by atoms with E-state index in [0.29, 0.717) is 17.9 Å². The molecule has 0 atom stereocenters. The number of amides is 1. The predicted octanol–water partition coefficient (Wildman–Crippen LogP) is 2.93. The van der Waals surface area contributed by atoms with E-state index < -0.39 is 9.84 Å². The van der Waals surface area contributed by atoms with E-state index in [1.165, 1.54) is 12.1 Å². The first-order chi connectivity index (χ1) is 12.7. The van der Waals surface area contributed by atoms with Crippen molar-refractivity contribution in [3.05, 3.63) is 70.6 Å². The number of aromatic nitrogens is 2. The summed E-state index contributed by atoms with van der Waals surface area (Å²) >= 11 is 0. The van der Waals surface area contributed by atoms with Crippen molar-refractivity contribution in [2.75, 3.05) is 11.6 Å². The van der Waals surface area contributed by atoms with Crippen molar-refractivity contribution in [2.45, 2.75) is 25.2 Å². The highest BCUT2D eigenvalue weighted by Gasteiger charge is 2.14. The number of benzene rings is 2. The highest BCUT2D eigenvalue weighted by molar-refractivity contribution is 7.90. The molecular formula is C19H19N3O4S. The quantitative estimate of drug-likeness (QED) is 0.724. The van der Waals surface area contributed by atoms with Gasteiger partial charge in [-0.25, -0.2) is 8.42 Å². The highest BCUT2D eigenvalue weighted by atomic mass is 32.2. The van der Waals surface area contributed by atoms with Crippen molar-refractivity contribution in [1.82, 2.24) is 10.2 Å². The van der Waals surface area contributed by atoms with Crippen LogP contribution >= 0.6 is 0 Å². The highest BCUT2D eigenvalue weighted by Crippen LogP contribution is 2.16. The largest absolute Gasteiger partial charge is 0.407 e. The number of carbonyl (C=O) groups is 1. The van der Waals surface area contributed by atoms with E-state index in [1.807, 2.05) is 26.0 Å². The zero-order chi connectivity index (χ0) is 19.6. The van der Waals surface area contributed by atoms with E-state index >= 15 is 0 Å². The van der Waals surface area contributed by atoms with Crippen LogP contribution in [0.15, 0.2) is 51.8 Å². The molecule has 1 amide bonds. The molecule has 0 spiro atoms. The number of hydrogen-bond donors (Lipinski definition) is 1. The van der Waals surface area contributed by atoms with Crippen LogP contribution in [0.1, 0.15) is 32.9 Å². The summed E-state index contributed by atoms with van der Waals surface area (Å²) in [5.41, 5.74) is 3.20. The maximum absolute atomic E-state index is 12.4. The van der Waals surface area contributed by atoms with Gasteiger partial charge in [0.05, 0.1) is 11.3 Å². The van der Waals surface area contributed by atoms with Gasteiger partial charge in [0.2, 0.25) is 5.89 Å². The third kappa shape index (κ3) is 4.59. The number of hydrogen-bond acceptors (Lipinski definition) is 6. The van der Waals surface area contributed by atoms with Crippen LogP contribution in [0.2, 0.25) is 0 Å². The number of carbonyl (C=O) groups excluding carboxylic acids is 1. The minimum atomic E-state index is -3.23. The molecule has 0 aliphatic heterocycles. The van der Waals surface area contributed by atoms with E-state index in [9.17, 15) is 13.2 Å². The molecule has 0 aliphatic carbocycles. The monoisotopic (exact) mass is 385 g/mol. The Hall–Kier alpha value is -3.00. The van der Waals surface area contributed by atoms with Gasteiger partial charge in [0.25, 0.3) is 5.91 Å². The summed E-state index contributed by atoms with van der Waals surface area (Å²) in [4.78, 5) is 12.6. The molecule has 8 heteroatoms. The number of sulfone groups is 1. The van der Waals surface area contributed by atoms with Gasteiger partial charge in [0, 0.05) is 11.8 Å². The fourth-order valence-electron chi connectivity index (χ4n) is 2.55. The second kappa shape index (κ2) is 7.32. The minimum absolute atomic E-state index is 0.0173. The summed E-state index contributed by atoms with van der Waals surface area (Å²) < 4.78 is 28.5. The van der Waals surface area contributed by atoms with E-state index in [4.69, 9.17) is 4.42 Å². The summed E-state index contributed by atoms with van der Waals surface area (Å²) in [6.45, 7) is 3.77. The molecule has 0 fully saturated rings. The zero-order valence-corrected chi connectivity index (χ0v) is 16.0. The lowest BCUT2D eigenvalue weighted by Gasteiger charge is -2.05. The van der Waals surface area contributed by atoms with Gasteiger partial charge in [-0.05, 0) is 43.2 Å². The lowest BCUT2D eigenvalue weighted by atomic mass is 10.1. The molecule has 7 nitrogen and oxygen atoms in total. The SMILES string of the molecule is Cc1ccc(C)c(C(=O)Nc2nnc(Cc3ccc(S(C)(=O)=O)cc3)o2)c1. The summed E-state index contributed by atoms with van der Waals surface area (Å²) in [7, 11) is -3.23. The Kier molecular flexibility index (Phi) is 5.09. The molecule has 0 unspecified atom stereocenters. The number of rotatable bonds is 5. The first-order valence-electron chi connectivity index (χ1n) is 8.22. The number of nitrogens with one attached hydrogen (secondary N) is 1. The van der Waals surface area contributed by atoms with Crippen molar-refractivity contribution < 1.29 is 17.6 Å². The molecule has 0 saturated carbocycles. The summed E-state index contributed by atoms with van der Waals surface area (Å²) in [6, 6.07) is 12.1. The molecule has 3 aromatic rings. The van der Waals surface area contributed by atoms with Crippen molar-refractivity contribution in [1.29, 1.82) is 0 Å². The van der Waals surface area contributed by atoms with Crippen LogP contribution in [-0.2, 0) is 16.3 Å². The van der Waals surface area contributed by atoms with Crippen molar-refractivity contribution in [3.63, 3.8) is 0 Å². The van der Waals surface area contributed by atoms with Gasteiger partial charge in [-0.15, -0.1) is 5.10 Å². The molecule has 27 heavy (non-hydrogen) atoms. The average Bonchev–Trinajstić information content (AvgIpc) is 3.03. The van der Waals surface area contributed by atoms with Gasteiger partial charge in [-0.2, -0.15) is 0 Å². The van der Waals surface area contributed by atoms with Crippen LogP contribution in [0.3, 0.4) is 0 Å². The molecule has 0 bridgehead atoms. The molecule has 1 aromatic heterocycles. The van der Waals surface area contributed by atoms with Crippen LogP contribution in [0, 0.1) is 13.8 Å². The maximum atomic E-state index is 12.4. The van der Waals surface area contributed by atoms with Crippen molar-refractivity contribution >= 4 is 21.8 Å². The number of nitrogens with zero attached hydrogens (tertiary/aromatic N) is 2. The van der Waals surface area contributed by atoms with Gasteiger partial charge in [-0.3, -0.25) is 10.1 Å². The fraction of sp³-hybridized carbons (Fsp3) is 0.211. The summed E-state index contributed by atoms with van der Waals surface area (Å²) in [6.07, 6.45) is 1.49. The Bertz CT molecular complexity index is 1090. The molecule has 1 heterocycles. The molecule has 3 rings (SSSR count).